The maximum Gasteiger partial charge on any atom is 0.296 e. The molecule has 0 bridgehead atoms. The molecule has 0 amide bonds. The van der Waals surface area contributed by atoms with Gasteiger partial charge in [-0.15, -0.1) is 11.3 Å². The first-order valence-corrected chi connectivity index (χ1v) is 10.8. The number of hydrogen-bond donors (Lipinski definition) is 1. The lowest BCUT2D eigenvalue weighted by Crippen LogP contribution is -2.10. The molecule has 0 unspecified atom stereocenters. The zero-order chi connectivity index (χ0) is 19.7. The van der Waals surface area contributed by atoms with Crippen molar-refractivity contribution in [3.8, 4) is 16.3 Å². The molecule has 4 rings (SSSR count). The fourth-order valence-electron chi connectivity index (χ4n) is 2.85. The van der Waals surface area contributed by atoms with Gasteiger partial charge in [-0.3, -0.25) is 4.55 Å². The van der Waals surface area contributed by atoms with E-state index in [1.54, 1.807) is 23.5 Å². The average molecular weight is 412 g/mol. The fourth-order valence-corrected chi connectivity index (χ4v) is 4.46. The van der Waals surface area contributed by atoms with Crippen LogP contribution >= 0.6 is 11.3 Å². The Hall–Kier alpha value is -2.81. The minimum atomic E-state index is -4.39. The summed E-state index contributed by atoms with van der Waals surface area (Å²) in [5, 5.41) is 0.471. The van der Waals surface area contributed by atoms with Crippen LogP contribution < -0.4 is 10.1 Å². The van der Waals surface area contributed by atoms with Gasteiger partial charge < -0.3 is 4.74 Å². The standard InChI is InChI=1S/C20H16N2O4S2/c1-2-26-17-11-16-19(27-18-9-5-3-7-13(18)21-16)12-15(17)22-14-8-4-6-10-20(14)28(23,24)25/h3-12H,2H2,1H3,(H,23,24,25). The summed E-state index contributed by atoms with van der Waals surface area (Å²) in [4.78, 5) is 9.79. The van der Waals surface area contributed by atoms with Crippen LogP contribution in [0.3, 0.4) is 0 Å². The van der Waals surface area contributed by atoms with Crippen molar-refractivity contribution in [3.05, 3.63) is 66.0 Å². The molecule has 142 valence electrons. The summed E-state index contributed by atoms with van der Waals surface area (Å²) in [5.41, 5.74) is 1.81. The topological polar surface area (TPSA) is 88.9 Å². The van der Waals surface area contributed by atoms with Crippen LogP contribution in [-0.4, -0.2) is 24.6 Å². The van der Waals surface area contributed by atoms with Gasteiger partial charge in [0.1, 0.15) is 16.0 Å². The van der Waals surface area contributed by atoms with Crippen LogP contribution in [0.1, 0.15) is 6.92 Å². The third-order valence-electron chi connectivity index (χ3n) is 4.05. The highest BCUT2D eigenvalue weighted by molar-refractivity contribution is 7.86. The molecule has 0 atom stereocenters. The maximum absolute atomic E-state index is 11.7. The van der Waals surface area contributed by atoms with Crippen LogP contribution in [0, 0.1) is 0 Å². The summed E-state index contributed by atoms with van der Waals surface area (Å²) < 4.78 is 39.6. The Kier molecular flexibility index (Phi) is 4.84. The SMILES string of the molecule is CCOc1cc2nc3ccccc3sc-2cc1=Nc1ccccc1S(=O)(=O)O. The van der Waals surface area contributed by atoms with E-state index >= 15 is 0 Å². The first-order chi connectivity index (χ1) is 13.5. The van der Waals surface area contributed by atoms with E-state index in [1.165, 1.54) is 18.2 Å². The number of benzene rings is 3. The molecule has 1 heterocycles. The lowest BCUT2D eigenvalue weighted by molar-refractivity contribution is 0.336. The van der Waals surface area contributed by atoms with Gasteiger partial charge in [-0.05, 0) is 37.3 Å². The van der Waals surface area contributed by atoms with Gasteiger partial charge in [0.25, 0.3) is 10.1 Å². The lowest BCUT2D eigenvalue weighted by Gasteiger charge is -2.10. The number of aromatic nitrogens is 1. The van der Waals surface area contributed by atoms with E-state index in [-0.39, 0.29) is 10.6 Å². The van der Waals surface area contributed by atoms with Crippen LogP contribution in [0.5, 0.6) is 5.75 Å². The predicted octanol–water partition coefficient (Wildman–Crippen LogP) is 4.28. The van der Waals surface area contributed by atoms with E-state index in [4.69, 9.17) is 4.74 Å². The molecule has 28 heavy (non-hydrogen) atoms. The number of fused-ring (bicyclic) bond motifs is 2. The highest BCUT2D eigenvalue weighted by atomic mass is 32.2. The highest BCUT2D eigenvalue weighted by Crippen LogP contribution is 2.32. The van der Waals surface area contributed by atoms with Gasteiger partial charge >= 0.3 is 0 Å². The molecule has 1 aliphatic heterocycles. The Labute approximate surface area is 165 Å². The molecule has 2 aromatic rings. The van der Waals surface area contributed by atoms with E-state index in [9.17, 15) is 13.0 Å². The van der Waals surface area contributed by atoms with Gasteiger partial charge in [-0.1, -0.05) is 24.3 Å². The van der Waals surface area contributed by atoms with Crippen LogP contribution in [0.15, 0.2) is 70.6 Å². The van der Waals surface area contributed by atoms with Crippen molar-refractivity contribution in [3.63, 3.8) is 0 Å². The molecule has 2 aliphatic rings. The van der Waals surface area contributed by atoms with Crippen molar-refractivity contribution in [2.75, 3.05) is 6.61 Å². The average Bonchev–Trinajstić information content (AvgIpc) is 2.67. The molecular weight excluding hydrogens is 396 g/mol. The number of ether oxygens (including phenoxy) is 1. The Bertz CT molecular complexity index is 1310. The first-order valence-electron chi connectivity index (χ1n) is 8.53. The largest absolute Gasteiger partial charge is 0.492 e. The first kappa shape index (κ1) is 18.5. The Morgan fingerprint density at radius 2 is 1.86 bits per heavy atom. The molecule has 0 spiro atoms. The van der Waals surface area contributed by atoms with Crippen molar-refractivity contribution in [1.82, 2.24) is 4.98 Å². The summed E-state index contributed by atoms with van der Waals surface area (Å²) in [7, 11) is -4.39. The quantitative estimate of drug-likeness (QED) is 0.399. The summed E-state index contributed by atoms with van der Waals surface area (Å²) >= 11 is 1.57. The molecule has 0 fully saturated rings. The number of nitrogens with zero attached hydrogens (tertiary/aromatic N) is 2. The second-order valence-electron chi connectivity index (χ2n) is 5.96. The molecule has 0 saturated carbocycles. The van der Waals surface area contributed by atoms with Crippen molar-refractivity contribution in [2.24, 2.45) is 4.99 Å². The van der Waals surface area contributed by atoms with Crippen LogP contribution in [-0.2, 0) is 10.1 Å². The molecule has 0 aromatic heterocycles. The molecule has 1 N–H and O–H groups in total. The third kappa shape index (κ3) is 3.62. The molecule has 6 nitrogen and oxygen atoms in total. The van der Waals surface area contributed by atoms with Crippen molar-refractivity contribution in [1.29, 1.82) is 0 Å². The van der Waals surface area contributed by atoms with E-state index in [0.717, 1.165) is 20.8 Å². The van der Waals surface area contributed by atoms with Crippen molar-refractivity contribution >= 4 is 37.4 Å². The monoisotopic (exact) mass is 412 g/mol. The zero-order valence-corrected chi connectivity index (χ0v) is 16.5. The lowest BCUT2D eigenvalue weighted by atomic mass is 10.2. The normalized spacial score (nSPS) is 12.6. The second kappa shape index (κ2) is 7.31. The molecule has 2 aromatic carbocycles. The predicted molar refractivity (Wildman–Crippen MR) is 109 cm³/mol. The third-order valence-corrected chi connectivity index (χ3v) is 6.06. The van der Waals surface area contributed by atoms with Gasteiger partial charge in [-0.2, -0.15) is 8.42 Å². The Morgan fingerprint density at radius 1 is 1.11 bits per heavy atom. The molecular formula is C20H16N2O4S2. The van der Waals surface area contributed by atoms with Crippen LogP contribution in [0.25, 0.3) is 20.8 Å². The molecule has 1 aliphatic carbocycles. The van der Waals surface area contributed by atoms with Gasteiger partial charge in [0.05, 0.1) is 33.1 Å². The molecule has 0 radical (unpaired) electrons. The van der Waals surface area contributed by atoms with Gasteiger partial charge in [0.2, 0.25) is 0 Å². The van der Waals surface area contributed by atoms with Crippen molar-refractivity contribution in [2.45, 2.75) is 11.8 Å². The van der Waals surface area contributed by atoms with E-state index in [1.807, 2.05) is 37.3 Å². The van der Waals surface area contributed by atoms with E-state index < -0.39 is 10.1 Å². The molecule has 8 heteroatoms. The van der Waals surface area contributed by atoms with Gasteiger partial charge in [-0.25, -0.2) is 9.98 Å². The number of hydrogen-bond acceptors (Lipinski definition) is 6. The minimum absolute atomic E-state index is 0.143. The molecule has 0 saturated heterocycles. The van der Waals surface area contributed by atoms with Crippen LogP contribution in [0.2, 0.25) is 0 Å². The minimum Gasteiger partial charge on any atom is -0.492 e. The van der Waals surface area contributed by atoms with Crippen molar-refractivity contribution < 1.29 is 17.7 Å². The number of rotatable bonds is 4. The summed E-state index contributed by atoms with van der Waals surface area (Å²) in [5.74, 6) is 0.495. The Morgan fingerprint density at radius 3 is 2.64 bits per heavy atom. The summed E-state index contributed by atoms with van der Waals surface area (Å²) in [6.07, 6.45) is 0. The zero-order valence-electron chi connectivity index (χ0n) is 14.9. The second-order valence-corrected chi connectivity index (χ2v) is 8.43. The van der Waals surface area contributed by atoms with Gasteiger partial charge in [0.15, 0.2) is 0 Å². The van der Waals surface area contributed by atoms with Crippen LogP contribution in [0.4, 0.5) is 5.69 Å². The summed E-state index contributed by atoms with van der Waals surface area (Å²) in [6.45, 7) is 2.28. The smallest absolute Gasteiger partial charge is 0.296 e. The highest BCUT2D eigenvalue weighted by Gasteiger charge is 2.16. The summed E-state index contributed by atoms with van der Waals surface area (Å²) in [6, 6.07) is 17.5. The van der Waals surface area contributed by atoms with E-state index in [2.05, 4.69) is 9.98 Å². The van der Waals surface area contributed by atoms with E-state index in [0.29, 0.717) is 17.7 Å². The fraction of sp³-hybridized carbons (Fsp3) is 0.100. The Balaban J connectivity index is 2.01. The number of para-hydroxylation sites is 2. The van der Waals surface area contributed by atoms with Gasteiger partial charge in [0, 0.05) is 6.07 Å². The maximum atomic E-state index is 11.7.